The Kier molecular flexibility index (Phi) is 5.30. The molecule has 3 aromatic rings. The van der Waals surface area contributed by atoms with E-state index in [0.29, 0.717) is 22.5 Å². The van der Waals surface area contributed by atoms with Crippen LogP contribution in [-0.4, -0.2) is 11.8 Å². The van der Waals surface area contributed by atoms with Crippen LogP contribution in [0, 0.1) is 0 Å². The Hall–Kier alpha value is -2.86. The largest absolute Gasteiger partial charge is 0.444 e. The van der Waals surface area contributed by atoms with Crippen LogP contribution in [0.2, 0.25) is 0 Å². The second-order valence-corrected chi connectivity index (χ2v) is 6.05. The van der Waals surface area contributed by atoms with Crippen LogP contribution in [0.3, 0.4) is 0 Å². The predicted octanol–water partition coefficient (Wildman–Crippen LogP) is 4.22. The van der Waals surface area contributed by atoms with Crippen LogP contribution in [0.15, 0.2) is 75.8 Å². The van der Waals surface area contributed by atoms with Gasteiger partial charge in [-0.05, 0) is 45.8 Å². The van der Waals surface area contributed by atoms with E-state index in [-0.39, 0.29) is 11.7 Å². The highest BCUT2D eigenvalue weighted by Gasteiger charge is 2.16. The number of hydrogen-bond acceptors (Lipinski definition) is 3. The molecule has 3 rings (SSSR count). The molecule has 0 aliphatic heterocycles. The zero-order chi connectivity index (χ0) is 17.6. The van der Waals surface area contributed by atoms with Gasteiger partial charge in [0.1, 0.15) is 0 Å². The van der Waals surface area contributed by atoms with Gasteiger partial charge >= 0.3 is 0 Å². The molecule has 0 saturated carbocycles. The van der Waals surface area contributed by atoms with E-state index >= 15 is 0 Å². The summed E-state index contributed by atoms with van der Waals surface area (Å²) >= 11 is 3.16. The zero-order valence-electron chi connectivity index (χ0n) is 13.2. The van der Waals surface area contributed by atoms with Gasteiger partial charge in [-0.1, -0.05) is 42.5 Å². The summed E-state index contributed by atoms with van der Waals surface area (Å²) in [5.74, 6) is -0.527. The molecule has 0 bridgehead atoms. The molecule has 0 radical (unpaired) electrons. The quantitative estimate of drug-likeness (QED) is 0.675. The van der Waals surface area contributed by atoms with E-state index in [1.807, 2.05) is 30.3 Å². The SMILES string of the molecule is O=C(Nc1ccccc1C(=O)NCc1ccccc1)c1ccc(Br)o1. The number of furan rings is 1. The number of halogens is 1. The van der Waals surface area contributed by atoms with E-state index in [1.165, 1.54) is 0 Å². The monoisotopic (exact) mass is 398 g/mol. The van der Waals surface area contributed by atoms with Gasteiger partial charge in [0.15, 0.2) is 10.4 Å². The highest BCUT2D eigenvalue weighted by atomic mass is 79.9. The van der Waals surface area contributed by atoms with Crippen LogP contribution in [-0.2, 0) is 6.54 Å². The minimum Gasteiger partial charge on any atom is -0.444 e. The maximum absolute atomic E-state index is 12.5. The van der Waals surface area contributed by atoms with Crippen molar-refractivity contribution in [3.8, 4) is 0 Å². The Balaban J connectivity index is 1.71. The Bertz CT molecular complexity index is 890. The molecule has 6 heteroatoms. The molecule has 0 unspecified atom stereocenters. The first kappa shape index (κ1) is 17.0. The Morgan fingerprint density at radius 3 is 2.32 bits per heavy atom. The van der Waals surface area contributed by atoms with E-state index in [2.05, 4.69) is 26.6 Å². The van der Waals surface area contributed by atoms with Crippen molar-refractivity contribution in [2.75, 3.05) is 5.32 Å². The van der Waals surface area contributed by atoms with Crippen molar-refractivity contribution < 1.29 is 14.0 Å². The fraction of sp³-hybridized carbons (Fsp3) is 0.0526. The lowest BCUT2D eigenvalue weighted by Crippen LogP contribution is -2.24. The van der Waals surface area contributed by atoms with Gasteiger partial charge in [-0.25, -0.2) is 0 Å². The molecular weight excluding hydrogens is 384 g/mol. The number of hydrogen-bond donors (Lipinski definition) is 2. The first-order chi connectivity index (χ1) is 12.1. The fourth-order valence-corrected chi connectivity index (χ4v) is 2.59. The van der Waals surface area contributed by atoms with Crippen LogP contribution in [0.5, 0.6) is 0 Å². The maximum atomic E-state index is 12.5. The molecule has 25 heavy (non-hydrogen) atoms. The van der Waals surface area contributed by atoms with Crippen LogP contribution >= 0.6 is 15.9 Å². The number of rotatable bonds is 5. The minimum absolute atomic E-state index is 0.159. The Morgan fingerprint density at radius 1 is 0.880 bits per heavy atom. The van der Waals surface area contributed by atoms with Crippen molar-refractivity contribution in [1.82, 2.24) is 5.32 Å². The number of anilines is 1. The molecule has 2 aromatic carbocycles. The first-order valence-electron chi connectivity index (χ1n) is 7.61. The Labute approximate surface area is 153 Å². The second kappa shape index (κ2) is 7.81. The molecule has 126 valence electrons. The zero-order valence-corrected chi connectivity index (χ0v) is 14.7. The Morgan fingerprint density at radius 2 is 1.60 bits per heavy atom. The molecule has 5 nitrogen and oxygen atoms in total. The fourth-order valence-electron chi connectivity index (χ4n) is 2.28. The standard InChI is InChI=1S/C19H15BrN2O3/c20-17-11-10-16(25-17)19(24)22-15-9-5-4-8-14(15)18(23)21-12-13-6-2-1-3-7-13/h1-11H,12H2,(H,21,23)(H,22,24). The van der Waals surface area contributed by atoms with Gasteiger partial charge in [-0.15, -0.1) is 0 Å². The topological polar surface area (TPSA) is 71.3 Å². The van der Waals surface area contributed by atoms with Gasteiger partial charge in [-0.2, -0.15) is 0 Å². The maximum Gasteiger partial charge on any atom is 0.291 e. The summed E-state index contributed by atoms with van der Waals surface area (Å²) in [7, 11) is 0. The number of carbonyl (C=O) groups is 2. The average molecular weight is 399 g/mol. The van der Waals surface area contributed by atoms with E-state index in [4.69, 9.17) is 4.42 Å². The molecule has 1 aromatic heterocycles. The molecule has 0 aliphatic rings. The third-order valence-electron chi connectivity index (χ3n) is 3.51. The molecule has 0 atom stereocenters. The normalized spacial score (nSPS) is 10.3. The molecule has 2 amide bonds. The predicted molar refractivity (Wildman–Crippen MR) is 98.4 cm³/mol. The van der Waals surface area contributed by atoms with Crippen molar-refractivity contribution in [1.29, 1.82) is 0 Å². The highest BCUT2D eigenvalue weighted by molar-refractivity contribution is 9.10. The summed E-state index contributed by atoms with van der Waals surface area (Å²) in [5, 5.41) is 5.56. The number of nitrogens with one attached hydrogen (secondary N) is 2. The second-order valence-electron chi connectivity index (χ2n) is 5.27. The average Bonchev–Trinajstić information content (AvgIpc) is 3.07. The summed E-state index contributed by atoms with van der Waals surface area (Å²) in [6, 6.07) is 19.6. The number of benzene rings is 2. The van der Waals surface area contributed by atoms with Crippen molar-refractivity contribution in [2.24, 2.45) is 0 Å². The van der Waals surface area contributed by atoms with Crippen molar-refractivity contribution in [3.05, 3.63) is 88.3 Å². The van der Waals surface area contributed by atoms with Crippen LogP contribution in [0.4, 0.5) is 5.69 Å². The van der Waals surface area contributed by atoms with E-state index < -0.39 is 5.91 Å². The third-order valence-corrected chi connectivity index (χ3v) is 3.94. The van der Waals surface area contributed by atoms with Gasteiger partial charge in [0, 0.05) is 6.54 Å². The van der Waals surface area contributed by atoms with Gasteiger partial charge < -0.3 is 15.1 Å². The van der Waals surface area contributed by atoms with Crippen LogP contribution < -0.4 is 10.6 Å². The molecule has 0 fully saturated rings. The van der Waals surface area contributed by atoms with Crippen LogP contribution in [0.25, 0.3) is 0 Å². The van der Waals surface area contributed by atoms with E-state index in [0.717, 1.165) is 5.56 Å². The summed E-state index contributed by atoms with van der Waals surface area (Å²) in [6.07, 6.45) is 0. The highest BCUT2D eigenvalue weighted by Crippen LogP contribution is 2.19. The van der Waals surface area contributed by atoms with Gasteiger partial charge in [0.25, 0.3) is 11.8 Å². The molecule has 0 aliphatic carbocycles. The van der Waals surface area contributed by atoms with Gasteiger partial charge in [-0.3, -0.25) is 9.59 Å². The lowest BCUT2D eigenvalue weighted by atomic mass is 10.1. The summed E-state index contributed by atoms with van der Waals surface area (Å²) < 4.78 is 5.69. The summed E-state index contributed by atoms with van der Waals surface area (Å²) in [4.78, 5) is 24.7. The lowest BCUT2D eigenvalue weighted by molar-refractivity contribution is 0.0952. The van der Waals surface area contributed by atoms with Crippen molar-refractivity contribution in [2.45, 2.75) is 6.54 Å². The van der Waals surface area contributed by atoms with Crippen molar-refractivity contribution >= 4 is 33.4 Å². The number of para-hydroxylation sites is 1. The van der Waals surface area contributed by atoms with Gasteiger partial charge in [0.2, 0.25) is 0 Å². The summed E-state index contributed by atoms with van der Waals surface area (Å²) in [6.45, 7) is 0.410. The molecule has 2 N–H and O–H groups in total. The van der Waals surface area contributed by atoms with E-state index in [9.17, 15) is 9.59 Å². The molecule has 1 heterocycles. The van der Waals surface area contributed by atoms with Crippen molar-refractivity contribution in [3.63, 3.8) is 0 Å². The third kappa shape index (κ3) is 4.36. The number of carbonyl (C=O) groups excluding carboxylic acids is 2. The molecule has 0 spiro atoms. The van der Waals surface area contributed by atoms with E-state index in [1.54, 1.807) is 36.4 Å². The van der Waals surface area contributed by atoms with Gasteiger partial charge in [0.05, 0.1) is 11.3 Å². The number of amides is 2. The molecule has 0 saturated heterocycles. The lowest BCUT2D eigenvalue weighted by Gasteiger charge is -2.11. The molecular formula is C19H15BrN2O3. The van der Waals surface area contributed by atoms with Crippen LogP contribution in [0.1, 0.15) is 26.5 Å². The first-order valence-corrected chi connectivity index (χ1v) is 8.40. The summed E-state index contributed by atoms with van der Waals surface area (Å²) in [5.41, 5.74) is 1.81. The smallest absolute Gasteiger partial charge is 0.291 e. The minimum atomic E-state index is -0.422.